The summed E-state index contributed by atoms with van der Waals surface area (Å²) in [5.41, 5.74) is 3.90. The van der Waals surface area contributed by atoms with Crippen molar-refractivity contribution in [1.82, 2.24) is 0 Å². The van der Waals surface area contributed by atoms with Gasteiger partial charge in [0.2, 0.25) is 17.2 Å². The first-order chi connectivity index (χ1) is 19.3. The summed E-state index contributed by atoms with van der Waals surface area (Å²) in [6, 6.07) is 40.8. The van der Waals surface area contributed by atoms with Gasteiger partial charge in [0, 0.05) is 6.07 Å². The van der Waals surface area contributed by atoms with Gasteiger partial charge in [-0.1, -0.05) is 121 Å². The molecule has 5 rings (SSSR count). The van der Waals surface area contributed by atoms with E-state index in [2.05, 4.69) is 0 Å². The summed E-state index contributed by atoms with van der Waals surface area (Å²) in [4.78, 5) is 0. The number of phenols is 1. The fraction of sp³-hybridized carbons (Fsp3) is 0.118. The molecule has 0 saturated heterocycles. The van der Waals surface area contributed by atoms with Crippen molar-refractivity contribution in [3.8, 4) is 28.7 Å². The van der Waals surface area contributed by atoms with Crippen molar-refractivity contribution in [3.63, 3.8) is 0 Å². The molecule has 0 spiro atoms. The molecule has 0 amide bonds. The molecule has 0 radical (unpaired) electrons. The molecule has 5 heteroatoms. The van der Waals surface area contributed by atoms with Crippen molar-refractivity contribution in [2.45, 2.75) is 26.4 Å². The predicted molar refractivity (Wildman–Crippen MR) is 151 cm³/mol. The zero-order chi connectivity index (χ0) is 26.7. The van der Waals surface area contributed by atoms with Crippen molar-refractivity contribution < 1.29 is 24.1 Å². The molecule has 5 nitrogen and oxygen atoms in total. The first-order valence-corrected chi connectivity index (χ1v) is 12.8. The van der Waals surface area contributed by atoms with Crippen molar-refractivity contribution in [2.75, 3.05) is 0 Å². The minimum absolute atomic E-state index is 0.0934. The highest BCUT2D eigenvalue weighted by Gasteiger charge is 2.24. The minimum Gasteiger partial charge on any atom is -0.504 e. The molecular formula is C34H30O5. The first-order valence-electron chi connectivity index (χ1n) is 12.8. The van der Waals surface area contributed by atoms with Crippen LogP contribution in [0, 0.1) is 0 Å². The Bertz CT molecular complexity index is 1440. The standard InChI is InChI=1S/C34H30O5/c35-30-21-31(36-22-26-13-5-1-6-14-26)33(38-24-28-17-9-3-10-18-28)34(39-25-29-19-11-4-12-20-29)32(30)37-23-27-15-7-2-8-16-27/h1-21,35H,22-25H2. The van der Waals surface area contributed by atoms with Crippen LogP contribution in [-0.2, 0) is 26.4 Å². The van der Waals surface area contributed by atoms with Gasteiger partial charge >= 0.3 is 0 Å². The van der Waals surface area contributed by atoms with Crippen molar-refractivity contribution >= 4 is 0 Å². The van der Waals surface area contributed by atoms with Crippen LogP contribution in [0.3, 0.4) is 0 Å². The SMILES string of the molecule is Oc1cc(OCc2ccccc2)c(OCc2ccccc2)c(OCc2ccccc2)c1OCc1ccccc1. The zero-order valence-electron chi connectivity index (χ0n) is 21.5. The number of hydrogen-bond acceptors (Lipinski definition) is 5. The van der Waals surface area contributed by atoms with Gasteiger partial charge in [0.1, 0.15) is 26.4 Å². The lowest BCUT2D eigenvalue weighted by Crippen LogP contribution is -2.06. The Morgan fingerprint density at radius 1 is 0.385 bits per heavy atom. The smallest absolute Gasteiger partial charge is 0.211 e. The molecule has 5 aromatic rings. The van der Waals surface area contributed by atoms with E-state index in [4.69, 9.17) is 18.9 Å². The molecule has 0 heterocycles. The van der Waals surface area contributed by atoms with Gasteiger partial charge in [-0.05, 0) is 22.3 Å². The Hall–Kier alpha value is -4.90. The van der Waals surface area contributed by atoms with E-state index in [0.717, 1.165) is 22.3 Å². The van der Waals surface area contributed by atoms with Crippen molar-refractivity contribution in [3.05, 3.63) is 150 Å². The Kier molecular flexibility index (Phi) is 8.62. The zero-order valence-corrected chi connectivity index (χ0v) is 21.5. The monoisotopic (exact) mass is 518 g/mol. The molecule has 1 N–H and O–H groups in total. The largest absolute Gasteiger partial charge is 0.504 e. The molecule has 196 valence electrons. The summed E-state index contributed by atoms with van der Waals surface area (Å²) >= 11 is 0. The third-order valence-electron chi connectivity index (χ3n) is 6.05. The molecule has 0 aromatic heterocycles. The van der Waals surface area contributed by atoms with E-state index in [1.807, 2.05) is 121 Å². The molecule has 39 heavy (non-hydrogen) atoms. The van der Waals surface area contributed by atoms with Gasteiger partial charge in [0.25, 0.3) is 0 Å². The Balaban J connectivity index is 1.51. The fourth-order valence-corrected chi connectivity index (χ4v) is 4.03. The molecule has 5 aromatic carbocycles. The molecule has 0 unspecified atom stereocenters. The number of hydrogen-bond donors (Lipinski definition) is 1. The van der Waals surface area contributed by atoms with Gasteiger partial charge in [-0.25, -0.2) is 0 Å². The molecule has 0 atom stereocenters. The number of rotatable bonds is 12. The van der Waals surface area contributed by atoms with Crippen LogP contribution < -0.4 is 18.9 Å². The van der Waals surface area contributed by atoms with E-state index in [-0.39, 0.29) is 37.1 Å². The van der Waals surface area contributed by atoms with E-state index in [1.54, 1.807) is 0 Å². The Labute approximate surface area is 228 Å². The highest BCUT2D eigenvalue weighted by Crippen LogP contribution is 2.51. The maximum Gasteiger partial charge on any atom is 0.211 e. The van der Waals surface area contributed by atoms with Crippen LogP contribution in [0.25, 0.3) is 0 Å². The van der Waals surface area contributed by atoms with E-state index >= 15 is 0 Å². The topological polar surface area (TPSA) is 57.2 Å². The third-order valence-corrected chi connectivity index (χ3v) is 6.05. The average Bonchev–Trinajstić information content (AvgIpc) is 3.00. The maximum atomic E-state index is 11.1. The van der Waals surface area contributed by atoms with Crippen LogP contribution in [0.4, 0.5) is 0 Å². The van der Waals surface area contributed by atoms with Crippen molar-refractivity contribution in [1.29, 1.82) is 0 Å². The molecular weight excluding hydrogens is 488 g/mol. The fourth-order valence-electron chi connectivity index (χ4n) is 4.03. The molecule has 0 fully saturated rings. The highest BCUT2D eigenvalue weighted by atomic mass is 16.6. The molecule has 0 saturated carbocycles. The highest BCUT2D eigenvalue weighted by molar-refractivity contribution is 5.65. The second-order valence-electron chi connectivity index (χ2n) is 8.98. The van der Waals surface area contributed by atoms with E-state index in [9.17, 15) is 5.11 Å². The lowest BCUT2D eigenvalue weighted by molar-refractivity contribution is 0.208. The molecule has 0 bridgehead atoms. The van der Waals surface area contributed by atoms with Gasteiger partial charge in [0.05, 0.1) is 0 Å². The van der Waals surface area contributed by atoms with Crippen LogP contribution >= 0.6 is 0 Å². The predicted octanol–water partition coefficient (Wildman–Crippen LogP) is 7.71. The second-order valence-corrected chi connectivity index (χ2v) is 8.98. The summed E-state index contributed by atoms with van der Waals surface area (Å²) in [5.74, 6) is 1.12. The lowest BCUT2D eigenvalue weighted by Gasteiger charge is -2.21. The van der Waals surface area contributed by atoms with Gasteiger partial charge in [-0.3, -0.25) is 0 Å². The summed E-state index contributed by atoms with van der Waals surface area (Å²) < 4.78 is 25.0. The number of aromatic hydroxyl groups is 1. The normalized spacial score (nSPS) is 10.6. The number of phenolic OH excluding ortho intramolecular Hbond substituents is 1. The lowest BCUT2D eigenvalue weighted by atomic mass is 10.2. The summed E-state index contributed by atoms with van der Waals surface area (Å²) in [7, 11) is 0. The maximum absolute atomic E-state index is 11.1. The van der Waals surface area contributed by atoms with Gasteiger partial charge in [-0.2, -0.15) is 0 Å². The Morgan fingerprint density at radius 2 is 0.718 bits per heavy atom. The van der Waals surface area contributed by atoms with Gasteiger partial charge in [-0.15, -0.1) is 0 Å². The van der Waals surface area contributed by atoms with Gasteiger partial charge < -0.3 is 24.1 Å². The average molecular weight is 519 g/mol. The summed E-state index contributed by atoms with van der Waals surface area (Å²) in [6.45, 7) is 1.09. The first kappa shape index (κ1) is 25.7. The van der Waals surface area contributed by atoms with Crippen LogP contribution in [-0.4, -0.2) is 5.11 Å². The van der Waals surface area contributed by atoms with Crippen LogP contribution in [0.5, 0.6) is 28.7 Å². The van der Waals surface area contributed by atoms with E-state index in [1.165, 1.54) is 6.07 Å². The van der Waals surface area contributed by atoms with Gasteiger partial charge in [0.15, 0.2) is 11.5 Å². The Morgan fingerprint density at radius 3 is 1.13 bits per heavy atom. The molecule has 0 aliphatic rings. The quantitative estimate of drug-likeness (QED) is 0.183. The van der Waals surface area contributed by atoms with Crippen LogP contribution in [0.1, 0.15) is 22.3 Å². The minimum atomic E-state index is -0.0934. The number of benzene rings is 5. The third kappa shape index (κ3) is 7.11. The van der Waals surface area contributed by atoms with E-state index < -0.39 is 0 Å². The molecule has 0 aliphatic carbocycles. The van der Waals surface area contributed by atoms with Crippen LogP contribution in [0.15, 0.2) is 127 Å². The molecule has 0 aliphatic heterocycles. The van der Waals surface area contributed by atoms with E-state index in [0.29, 0.717) is 18.1 Å². The number of ether oxygens (including phenoxy) is 4. The summed E-state index contributed by atoms with van der Waals surface area (Å²) in [6.07, 6.45) is 0. The second kappa shape index (κ2) is 13.1. The van der Waals surface area contributed by atoms with Crippen LogP contribution in [0.2, 0.25) is 0 Å². The summed E-state index contributed by atoms with van der Waals surface area (Å²) in [5, 5.41) is 11.1. The van der Waals surface area contributed by atoms with Crippen molar-refractivity contribution in [2.24, 2.45) is 0 Å².